The van der Waals surface area contributed by atoms with E-state index in [1.165, 1.54) is 0 Å². The van der Waals surface area contributed by atoms with Crippen LogP contribution < -0.4 is 0 Å². The number of nitrogens with zero attached hydrogens (tertiary/aromatic N) is 1. The summed E-state index contributed by atoms with van der Waals surface area (Å²) in [5, 5.41) is 0. The van der Waals surface area contributed by atoms with Gasteiger partial charge in [0.1, 0.15) is 0 Å². The third-order valence-electron chi connectivity index (χ3n) is 2.92. The van der Waals surface area contributed by atoms with Gasteiger partial charge in [-0.1, -0.05) is 0 Å². The molecule has 1 atom stereocenters. The van der Waals surface area contributed by atoms with E-state index < -0.39 is 0 Å². The molecule has 1 saturated heterocycles. The number of benzene rings is 1. The first-order chi connectivity index (χ1) is 8.11. The van der Waals surface area contributed by atoms with Crippen molar-refractivity contribution in [2.75, 3.05) is 20.2 Å². The summed E-state index contributed by atoms with van der Waals surface area (Å²) in [4.78, 5) is 14.2. The molecule has 5 heteroatoms. The number of carbonyl (C=O) groups excluding carboxylic acids is 1. The first-order valence-corrected chi connectivity index (χ1v) is 7.26. The highest BCUT2D eigenvalue weighted by Gasteiger charge is 2.27. The van der Waals surface area contributed by atoms with Crippen LogP contribution in [0, 0.1) is 3.57 Å². The Kier molecular flexibility index (Phi) is 4.43. The van der Waals surface area contributed by atoms with Crippen LogP contribution in [0.5, 0.6) is 0 Å². The smallest absolute Gasteiger partial charge is 0.255 e. The molecule has 0 bridgehead atoms. The lowest BCUT2D eigenvalue weighted by Gasteiger charge is -2.17. The van der Waals surface area contributed by atoms with E-state index in [-0.39, 0.29) is 12.0 Å². The standard InChI is InChI=1S/C12H13BrINO2/c1-17-9-4-5-15(7-9)12(16)10-6-8(14)2-3-11(10)13/h2-3,6,9H,4-5,7H2,1H3. The Labute approximate surface area is 123 Å². The summed E-state index contributed by atoms with van der Waals surface area (Å²) in [7, 11) is 1.69. The minimum atomic E-state index is 0.0786. The molecule has 3 nitrogen and oxygen atoms in total. The Morgan fingerprint density at radius 3 is 3.00 bits per heavy atom. The van der Waals surface area contributed by atoms with E-state index in [1.54, 1.807) is 7.11 Å². The van der Waals surface area contributed by atoms with E-state index in [1.807, 2.05) is 23.1 Å². The molecule has 1 fully saturated rings. The van der Waals surface area contributed by atoms with Gasteiger partial charge in [-0.25, -0.2) is 0 Å². The minimum Gasteiger partial charge on any atom is -0.380 e. The molecular formula is C12H13BrINO2. The van der Waals surface area contributed by atoms with Gasteiger partial charge < -0.3 is 9.64 Å². The zero-order valence-corrected chi connectivity index (χ0v) is 13.2. The molecule has 1 aromatic carbocycles. The molecule has 1 aliphatic rings. The predicted octanol–water partition coefficient (Wildman–Crippen LogP) is 2.91. The second-order valence-corrected chi connectivity index (χ2v) is 6.12. The van der Waals surface area contributed by atoms with Gasteiger partial charge in [-0.05, 0) is 63.1 Å². The number of halogens is 2. The van der Waals surface area contributed by atoms with Crippen molar-refractivity contribution >= 4 is 44.4 Å². The van der Waals surface area contributed by atoms with Gasteiger partial charge in [0.25, 0.3) is 5.91 Å². The van der Waals surface area contributed by atoms with Crippen molar-refractivity contribution < 1.29 is 9.53 Å². The maximum absolute atomic E-state index is 12.3. The van der Waals surface area contributed by atoms with Crippen molar-refractivity contribution in [3.8, 4) is 0 Å². The number of amides is 1. The third-order valence-corrected chi connectivity index (χ3v) is 4.29. The average molecular weight is 410 g/mol. The second-order valence-electron chi connectivity index (χ2n) is 4.02. The molecule has 0 aliphatic carbocycles. The predicted molar refractivity (Wildman–Crippen MR) is 78.2 cm³/mol. The monoisotopic (exact) mass is 409 g/mol. The Morgan fingerprint density at radius 1 is 1.59 bits per heavy atom. The largest absolute Gasteiger partial charge is 0.380 e. The normalized spacial score (nSPS) is 19.7. The Bertz CT molecular complexity index is 439. The molecule has 0 radical (unpaired) electrons. The van der Waals surface area contributed by atoms with Crippen molar-refractivity contribution in [2.45, 2.75) is 12.5 Å². The van der Waals surface area contributed by atoms with Gasteiger partial charge in [-0.2, -0.15) is 0 Å². The number of hydrogen-bond acceptors (Lipinski definition) is 2. The molecule has 0 saturated carbocycles. The first kappa shape index (κ1) is 13.3. The zero-order chi connectivity index (χ0) is 12.4. The van der Waals surface area contributed by atoms with Crippen LogP contribution in [0.2, 0.25) is 0 Å². The van der Waals surface area contributed by atoms with E-state index in [0.29, 0.717) is 6.54 Å². The molecule has 2 rings (SSSR count). The highest BCUT2D eigenvalue weighted by Crippen LogP contribution is 2.23. The summed E-state index contributed by atoms with van der Waals surface area (Å²) in [6, 6.07) is 5.80. The van der Waals surface area contributed by atoms with Crippen LogP contribution in [-0.2, 0) is 4.74 Å². The SMILES string of the molecule is COC1CCN(C(=O)c2cc(I)ccc2Br)C1. The Morgan fingerprint density at radius 2 is 2.35 bits per heavy atom. The molecule has 1 amide bonds. The van der Waals surface area contributed by atoms with E-state index in [4.69, 9.17) is 4.74 Å². The molecule has 1 unspecified atom stereocenters. The minimum absolute atomic E-state index is 0.0786. The van der Waals surface area contributed by atoms with Crippen LogP contribution in [0.15, 0.2) is 22.7 Å². The van der Waals surface area contributed by atoms with Crippen LogP contribution in [0.4, 0.5) is 0 Å². The number of ether oxygens (including phenoxy) is 1. The van der Waals surface area contributed by atoms with Crippen molar-refractivity contribution in [2.24, 2.45) is 0 Å². The van der Waals surface area contributed by atoms with Crippen molar-refractivity contribution in [1.82, 2.24) is 4.90 Å². The van der Waals surface area contributed by atoms with Crippen molar-refractivity contribution in [3.05, 3.63) is 31.8 Å². The Hall–Kier alpha value is -0.140. The van der Waals surface area contributed by atoms with E-state index in [9.17, 15) is 4.79 Å². The quantitative estimate of drug-likeness (QED) is 0.703. The summed E-state index contributed by atoms with van der Waals surface area (Å²) in [6.45, 7) is 1.46. The maximum Gasteiger partial charge on any atom is 0.255 e. The highest BCUT2D eigenvalue weighted by molar-refractivity contribution is 14.1. The molecule has 0 N–H and O–H groups in total. The lowest BCUT2D eigenvalue weighted by atomic mass is 10.2. The summed E-state index contributed by atoms with van der Waals surface area (Å²) < 4.78 is 7.19. The number of hydrogen-bond donors (Lipinski definition) is 0. The van der Waals surface area contributed by atoms with Gasteiger partial charge in [0.05, 0.1) is 11.7 Å². The van der Waals surface area contributed by atoms with Gasteiger partial charge in [0.2, 0.25) is 0 Å². The van der Waals surface area contributed by atoms with Gasteiger partial charge >= 0.3 is 0 Å². The third kappa shape index (κ3) is 3.00. The van der Waals surface area contributed by atoms with Gasteiger partial charge in [-0.15, -0.1) is 0 Å². The zero-order valence-electron chi connectivity index (χ0n) is 9.45. The van der Waals surface area contributed by atoms with E-state index in [2.05, 4.69) is 38.5 Å². The molecule has 92 valence electrons. The Balaban J connectivity index is 2.17. The molecule has 0 aromatic heterocycles. The van der Waals surface area contributed by atoms with E-state index in [0.717, 1.165) is 26.6 Å². The fourth-order valence-electron chi connectivity index (χ4n) is 1.94. The van der Waals surface area contributed by atoms with Crippen LogP contribution in [-0.4, -0.2) is 37.1 Å². The average Bonchev–Trinajstić information content (AvgIpc) is 2.80. The topological polar surface area (TPSA) is 29.5 Å². The molecule has 0 spiro atoms. The first-order valence-electron chi connectivity index (χ1n) is 5.39. The number of rotatable bonds is 2. The summed E-state index contributed by atoms with van der Waals surface area (Å²) in [6.07, 6.45) is 1.10. The van der Waals surface area contributed by atoms with Crippen LogP contribution >= 0.6 is 38.5 Å². The van der Waals surface area contributed by atoms with Crippen molar-refractivity contribution in [3.63, 3.8) is 0 Å². The van der Waals surface area contributed by atoms with Gasteiger partial charge in [-0.3, -0.25) is 4.79 Å². The fourth-order valence-corrected chi connectivity index (χ4v) is 2.84. The van der Waals surface area contributed by atoms with Crippen LogP contribution in [0.25, 0.3) is 0 Å². The molecule has 1 aliphatic heterocycles. The van der Waals surface area contributed by atoms with Gasteiger partial charge in [0, 0.05) is 28.2 Å². The van der Waals surface area contributed by atoms with Crippen molar-refractivity contribution in [1.29, 1.82) is 0 Å². The number of likely N-dealkylation sites (tertiary alicyclic amines) is 1. The number of carbonyl (C=O) groups is 1. The molecular weight excluding hydrogens is 397 g/mol. The summed E-state index contributed by atoms with van der Waals surface area (Å²) >= 11 is 5.64. The van der Waals surface area contributed by atoms with E-state index >= 15 is 0 Å². The molecule has 1 heterocycles. The lowest BCUT2D eigenvalue weighted by Crippen LogP contribution is -2.30. The van der Waals surface area contributed by atoms with Crippen LogP contribution in [0.1, 0.15) is 16.8 Å². The number of methoxy groups -OCH3 is 1. The molecule has 17 heavy (non-hydrogen) atoms. The summed E-state index contributed by atoms with van der Waals surface area (Å²) in [5.41, 5.74) is 0.730. The van der Waals surface area contributed by atoms with Gasteiger partial charge in [0.15, 0.2) is 0 Å². The van der Waals surface area contributed by atoms with Crippen LogP contribution in [0.3, 0.4) is 0 Å². The second kappa shape index (κ2) is 5.67. The highest BCUT2D eigenvalue weighted by atomic mass is 127. The molecule has 1 aromatic rings. The maximum atomic E-state index is 12.3. The summed E-state index contributed by atoms with van der Waals surface area (Å²) in [5.74, 6) is 0.0786. The lowest BCUT2D eigenvalue weighted by molar-refractivity contribution is 0.0723. The fraction of sp³-hybridized carbons (Fsp3) is 0.417.